The van der Waals surface area contributed by atoms with Gasteiger partial charge in [0, 0.05) is 13.5 Å². The molecule has 4 N–H and O–H groups in total. The lowest BCUT2D eigenvalue weighted by molar-refractivity contribution is -0.138. The molecule has 0 aromatic rings. The van der Waals surface area contributed by atoms with E-state index in [0.29, 0.717) is 6.61 Å². The van der Waals surface area contributed by atoms with Crippen molar-refractivity contribution in [1.29, 1.82) is 0 Å². The van der Waals surface area contributed by atoms with Gasteiger partial charge in [0.2, 0.25) is 11.8 Å². The van der Waals surface area contributed by atoms with Gasteiger partial charge in [-0.15, -0.1) is 0 Å². The standard InChI is InChI=1S/C10H18N2O6/c1-17-4-5-18-6-8(13)12-7(10(11)16)2-3-9(14)15/h7H,2-6H2,1H3,(H2,11,16)(H,12,13)(H,14,15)/t7-/m1/s1. The van der Waals surface area contributed by atoms with Crippen molar-refractivity contribution in [3.63, 3.8) is 0 Å². The van der Waals surface area contributed by atoms with Gasteiger partial charge in [0.1, 0.15) is 12.6 Å². The number of ether oxygens (including phenoxy) is 2. The van der Waals surface area contributed by atoms with Gasteiger partial charge in [0.25, 0.3) is 0 Å². The highest BCUT2D eigenvalue weighted by Gasteiger charge is 2.18. The van der Waals surface area contributed by atoms with Crippen LogP contribution in [0.3, 0.4) is 0 Å². The molecule has 18 heavy (non-hydrogen) atoms. The maximum atomic E-state index is 11.3. The van der Waals surface area contributed by atoms with E-state index in [1.165, 1.54) is 7.11 Å². The molecule has 0 radical (unpaired) electrons. The van der Waals surface area contributed by atoms with Crippen LogP contribution in [-0.4, -0.2) is 55.9 Å². The summed E-state index contributed by atoms with van der Waals surface area (Å²) >= 11 is 0. The van der Waals surface area contributed by atoms with Crippen LogP contribution < -0.4 is 11.1 Å². The first kappa shape index (κ1) is 16.3. The number of nitrogens with two attached hydrogens (primary N) is 1. The van der Waals surface area contributed by atoms with Gasteiger partial charge in [-0.1, -0.05) is 0 Å². The number of carboxylic acids is 1. The summed E-state index contributed by atoms with van der Waals surface area (Å²) in [4.78, 5) is 32.7. The molecular formula is C10H18N2O6. The van der Waals surface area contributed by atoms with E-state index in [2.05, 4.69) is 5.32 Å². The lowest BCUT2D eigenvalue weighted by Crippen LogP contribution is -2.46. The Labute approximate surface area is 104 Å². The smallest absolute Gasteiger partial charge is 0.303 e. The van der Waals surface area contributed by atoms with Gasteiger partial charge in [-0.05, 0) is 6.42 Å². The molecule has 2 amide bonds. The summed E-state index contributed by atoms with van der Waals surface area (Å²) in [6.45, 7) is 0.367. The van der Waals surface area contributed by atoms with Crippen molar-refractivity contribution in [3.05, 3.63) is 0 Å². The summed E-state index contributed by atoms with van der Waals surface area (Å²) in [5, 5.41) is 10.8. The molecule has 0 spiro atoms. The van der Waals surface area contributed by atoms with E-state index in [4.69, 9.17) is 20.3 Å². The van der Waals surface area contributed by atoms with E-state index >= 15 is 0 Å². The van der Waals surface area contributed by atoms with Gasteiger partial charge in [-0.25, -0.2) is 0 Å². The van der Waals surface area contributed by atoms with Gasteiger partial charge in [0.15, 0.2) is 0 Å². The minimum Gasteiger partial charge on any atom is -0.481 e. The molecule has 0 aromatic carbocycles. The summed E-state index contributed by atoms with van der Waals surface area (Å²) in [5.41, 5.74) is 5.04. The SMILES string of the molecule is COCCOCC(=O)N[C@H](CCC(=O)O)C(N)=O. The second kappa shape index (κ2) is 9.37. The van der Waals surface area contributed by atoms with Gasteiger partial charge in [0.05, 0.1) is 13.2 Å². The lowest BCUT2D eigenvalue weighted by atomic mass is 10.1. The summed E-state index contributed by atoms with van der Waals surface area (Å²) in [5.74, 6) is -2.37. The minimum atomic E-state index is -1.06. The normalized spacial score (nSPS) is 11.8. The van der Waals surface area contributed by atoms with Gasteiger partial charge < -0.3 is 25.6 Å². The summed E-state index contributed by atoms with van der Waals surface area (Å²) in [6.07, 6.45) is -0.299. The third-order valence-electron chi connectivity index (χ3n) is 1.99. The van der Waals surface area contributed by atoms with Crippen molar-refractivity contribution >= 4 is 17.8 Å². The zero-order valence-corrected chi connectivity index (χ0v) is 10.2. The van der Waals surface area contributed by atoms with Crippen molar-refractivity contribution in [1.82, 2.24) is 5.32 Å². The van der Waals surface area contributed by atoms with Crippen molar-refractivity contribution in [2.45, 2.75) is 18.9 Å². The van der Waals surface area contributed by atoms with Crippen LogP contribution in [0.25, 0.3) is 0 Å². The second-order valence-corrected chi connectivity index (χ2v) is 3.50. The molecule has 0 bridgehead atoms. The largest absolute Gasteiger partial charge is 0.481 e. The van der Waals surface area contributed by atoms with Crippen molar-refractivity contribution in [3.8, 4) is 0 Å². The van der Waals surface area contributed by atoms with Crippen molar-refractivity contribution in [2.24, 2.45) is 5.73 Å². The second-order valence-electron chi connectivity index (χ2n) is 3.50. The highest BCUT2D eigenvalue weighted by molar-refractivity contribution is 5.87. The highest BCUT2D eigenvalue weighted by atomic mass is 16.5. The molecule has 0 saturated heterocycles. The molecule has 104 valence electrons. The average Bonchev–Trinajstić information content (AvgIpc) is 2.29. The average molecular weight is 262 g/mol. The predicted octanol–water partition coefficient (Wildman–Crippen LogP) is -1.52. The molecule has 8 nitrogen and oxygen atoms in total. The van der Waals surface area contributed by atoms with E-state index in [-0.39, 0.29) is 26.1 Å². The first-order valence-electron chi connectivity index (χ1n) is 5.34. The number of hydrogen-bond donors (Lipinski definition) is 3. The monoisotopic (exact) mass is 262 g/mol. The number of aliphatic carboxylic acids is 1. The van der Waals surface area contributed by atoms with E-state index < -0.39 is 23.8 Å². The van der Waals surface area contributed by atoms with Crippen molar-refractivity contribution < 1.29 is 29.0 Å². The minimum absolute atomic E-state index is 0.0471. The molecule has 1 atom stereocenters. The van der Waals surface area contributed by atoms with Crippen LogP contribution >= 0.6 is 0 Å². The van der Waals surface area contributed by atoms with Gasteiger partial charge >= 0.3 is 5.97 Å². The van der Waals surface area contributed by atoms with Crippen LogP contribution in [0.15, 0.2) is 0 Å². The molecule has 0 unspecified atom stereocenters. The van der Waals surface area contributed by atoms with E-state index in [0.717, 1.165) is 0 Å². The molecule has 0 saturated carbocycles. The fourth-order valence-electron chi connectivity index (χ4n) is 1.10. The fourth-order valence-corrected chi connectivity index (χ4v) is 1.10. The fraction of sp³-hybridized carbons (Fsp3) is 0.700. The number of primary amides is 1. The van der Waals surface area contributed by atoms with E-state index in [9.17, 15) is 14.4 Å². The predicted molar refractivity (Wildman–Crippen MR) is 60.7 cm³/mol. The maximum Gasteiger partial charge on any atom is 0.303 e. The lowest BCUT2D eigenvalue weighted by Gasteiger charge is -2.14. The topological polar surface area (TPSA) is 128 Å². The molecule has 0 aliphatic rings. The van der Waals surface area contributed by atoms with Crippen LogP contribution in [0, 0.1) is 0 Å². The Kier molecular flexibility index (Phi) is 8.50. The van der Waals surface area contributed by atoms with Crippen LogP contribution in [0.1, 0.15) is 12.8 Å². The number of nitrogens with one attached hydrogen (secondary N) is 1. The van der Waals surface area contributed by atoms with Crippen LogP contribution in [-0.2, 0) is 23.9 Å². The number of carbonyl (C=O) groups is 3. The third-order valence-corrected chi connectivity index (χ3v) is 1.99. The zero-order valence-electron chi connectivity index (χ0n) is 10.2. The van der Waals surface area contributed by atoms with Gasteiger partial charge in [-0.2, -0.15) is 0 Å². The summed E-state index contributed by atoms with van der Waals surface area (Å²) in [6, 6.07) is -1.00. The molecular weight excluding hydrogens is 244 g/mol. The van der Waals surface area contributed by atoms with Crippen molar-refractivity contribution in [2.75, 3.05) is 26.9 Å². The van der Waals surface area contributed by atoms with Gasteiger partial charge in [-0.3, -0.25) is 14.4 Å². The van der Waals surface area contributed by atoms with E-state index in [1.54, 1.807) is 0 Å². The summed E-state index contributed by atoms with van der Waals surface area (Å²) in [7, 11) is 1.50. The zero-order chi connectivity index (χ0) is 14.0. The molecule has 0 aliphatic heterocycles. The number of methoxy groups -OCH3 is 1. The van der Waals surface area contributed by atoms with Crippen LogP contribution in [0.2, 0.25) is 0 Å². The molecule has 0 rings (SSSR count). The molecule has 0 aromatic heterocycles. The highest BCUT2D eigenvalue weighted by Crippen LogP contribution is 1.97. The molecule has 0 aliphatic carbocycles. The van der Waals surface area contributed by atoms with Crippen LogP contribution in [0.4, 0.5) is 0 Å². The number of amides is 2. The Morgan fingerprint density at radius 2 is 2.00 bits per heavy atom. The Hall–Kier alpha value is -1.67. The quantitative estimate of drug-likeness (QED) is 0.410. The third kappa shape index (κ3) is 8.48. The van der Waals surface area contributed by atoms with E-state index in [1.807, 2.05) is 0 Å². The molecule has 0 fully saturated rings. The number of hydrogen-bond acceptors (Lipinski definition) is 5. The Balaban J connectivity index is 3.96. The number of carboxylic acid groups (broad SMARTS) is 1. The Morgan fingerprint density at radius 3 is 2.50 bits per heavy atom. The number of carbonyl (C=O) groups excluding carboxylic acids is 2. The number of rotatable bonds is 10. The molecule has 8 heteroatoms. The Bertz CT molecular complexity index is 294. The summed E-state index contributed by atoms with van der Waals surface area (Å²) < 4.78 is 9.65. The first-order chi connectivity index (χ1) is 8.47. The van der Waals surface area contributed by atoms with Crippen LogP contribution in [0.5, 0.6) is 0 Å². The maximum absolute atomic E-state index is 11.3. The first-order valence-corrected chi connectivity index (χ1v) is 5.34. The molecule has 0 heterocycles. The Morgan fingerprint density at radius 1 is 1.33 bits per heavy atom.